The minimum atomic E-state index is 0.331. The van der Waals surface area contributed by atoms with Gasteiger partial charge in [-0.3, -0.25) is 0 Å². The summed E-state index contributed by atoms with van der Waals surface area (Å²) in [4.78, 5) is 2.52. The molecule has 1 heterocycles. The van der Waals surface area contributed by atoms with Crippen molar-refractivity contribution in [2.75, 3.05) is 26.2 Å². The Morgan fingerprint density at radius 2 is 2.11 bits per heavy atom. The molecule has 0 aromatic rings. The monoisotopic (exact) mass is 256 g/mol. The molecule has 3 heteroatoms. The molecule has 1 saturated heterocycles. The van der Waals surface area contributed by atoms with Gasteiger partial charge in [0.05, 0.1) is 6.10 Å². The molecule has 1 rings (SSSR count). The zero-order valence-corrected chi connectivity index (χ0v) is 12.7. The van der Waals surface area contributed by atoms with E-state index in [4.69, 9.17) is 10.5 Å². The first-order valence-corrected chi connectivity index (χ1v) is 7.50. The van der Waals surface area contributed by atoms with Gasteiger partial charge in [0.15, 0.2) is 0 Å². The van der Waals surface area contributed by atoms with Gasteiger partial charge in [0.25, 0.3) is 0 Å². The third kappa shape index (κ3) is 6.72. The maximum absolute atomic E-state index is 6.21. The van der Waals surface area contributed by atoms with Gasteiger partial charge in [0.2, 0.25) is 0 Å². The summed E-state index contributed by atoms with van der Waals surface area (Å²) in [7, 11) is 0. The first-order chi connectivity index (χ1) is 8.40. The molecule has 0 aromatic heterocycles. The third-order valence-electron chi connectivity index (χ3n) is 3.56. The van der Waals surface area contributed by atoms with Gasteiger partial charge in [-0.25, -0.2) is 0 Å². The number of nitrogens with two attached hydrogens (primary N) is 1. The van der Waals surface area contributed by atoms with Crippen LogP contribution in [0.3, 0.4) is 0 Å². The highest BCUT2D eigenvalue weighted by molar-refractivity contribution is 4.77. The van der Waals surface area contributed by atoms with Crippen LogP contribution in [0.1, 0.15) is 53.4 Å². The van der Waals surface area contributed by atoms with Crippen LogP contribution in [-0.4, -0.2) is 43.3 Å². The summed E-state index contributed by atoms with van der Waals surface area (Å²) < 4.78 is 5.73. The number of hydrogen-bond donors (Lipinski definition) is 1. The van der Waals surface area contributed by atoms with E-state index in [1.807, 2.05) is 0 Å². The number of nitrogens with zero attached hydrogens (tertiary/aromatic N) is 1. The summed E-state index contributed by atoms with van der Waals surface area (Å²) in [6, 6.07) is 0.331. The fourth-order valence-electron chi connectivity index (χ4n) is 2.82. The maximum atomic E-state index is 6.21. The van der Waals surface area contributed by atoms with E-state index >= 15 is 0 Å². The molecule has 0 radical (unpaired) electrons. The lowest BCUT2D eigenvalue weighted by Gasteiger charge is -2.33. The number of rotatable bonds is 6. The Morgan fingerprint density at radius 1 is 1.39 bits per heavy atom. The van der Waals surface area contributed by atoms with Crippen LogP contribution in [0.25, 0.3) is 0 Å². The van der Waals surface area contributed by atoms with Crippen LogP contribution >= 0.6 is 0 Å². The van der Waals surface area contributed by atoms with E-state index in [2.05, 4.69) is 32.6 Å². The zero-order chi connectivity index (χ0) is 13.6. The van der Waals surface area contributed by atoms with Gasteiger partial charge in [-0.2, -0.15) is 0 Å². The van der Waals surface area contributed by atoms with Crippen molar-refractivity contribution in [3.05, 3.63) is 0 Å². The lowest BCUT2D eigenvalue weighted by atomic mass is 9.87. The molecule has 0 aliphatic carbocycles. The van der Waals surface area contributed by atoms with Crippen molar-refractivity contribution in [1.82, 2.24) is 4.90 Å². The highest BCUT2D eigenvalue weighted by atomic mass is 16.5. The van der Waals surface area contributed by atoms with Crippen molar-refractivity contribution in [2.45, 2.75) is 65.5 Å². The third-order valence-corrected chi connectivity index (χ3v) is 3.56. The summed E-state index contributed by atoms with van der Waals surface area (Å²) in [6.45, 7) is 13.1. The van der Waals surface area contributed by atoms with E-state index in [1.54, 1.807) is 0 Å². The van der Waals surface area contributed by atoms with E-state index in [9.17, 15) is 0 Å². The van der Waals surface area contributed by atoms with Crippen molar-refractivity contribution >= 4 is 0 Å². The predicted octanol–water partition coefficient (Wildman–Crippen LogP) is 2.64. The second kappa shape index (κ2) is 7.46. The van der Waals surface area contributed by atoms with Crippen LogP contribution in [0.5, 0.6) is 0 Å². The maximum Gasteiger partial charge on any atom is 0.0702 e. The number of hydrogen-bond acceptors (Lipinski definition) is 3. The van der Waals surface area contributed by atoms with Crippen molar-refractivity contribution in [3.63, 3.8) is 0 Å². The summed E-state index contributed by atoms with van der Waals surface area (Å²) in [5.41, 5.74) is 6.55. The highest BCUT2D eigenvalue weighted by Gasteiger charge is 2.21. The van der Waals surface area contributed by atoms with Gasteiger partial charge >= 0.3 is 0 Å². The van der Waals surface area contributed by atoms with Crippen LogP contribution < -0.4 is 5.73 Å². The SMILES string of the molecule is CCOC1CCCN(CCC(N)CC(C)(C)C)C1. The number of ether oxygens (including phenoxy) is 1. The standard InChI is InChI=1S/C15H32N2O/c1-5-18-14-7-6-9-17(12-14)10-8-13(16)11-15(2,3)4/h13-14H,5-12,16H2,1-4H3. The molecule has 2 atom stereocenters. The molecule has 3 nitrogen and oxygen atoms in total. The highest BCUT2D eigenvalue weighted by Crippen LogP contribution is 2.21. The molecule has 1 aliphatic heterocycles. The Bertz CT molecular complexity index is 223. The predicted molar refractivity (Wildman–Crippen MR) is 77.8 cm³/mol. The van der Waals surface area contributed by atoms with Crippen molar-refractivity contribution < 1.29 is 4.74 Å². The van der Waals surface area contributed by atoms with Crippen LogP contribution in [0.15, 0.2) is 0 Å². The largest absolute Gasteiger partial charge is 0.377 e. The van der Waals surface area contributed by atoms with Crippen LogP contribution in [0.4, 0.5) is 0 Å². The number of likely N-dealkylation sites (tertiary alicyclic amines) is 1. The normalized spacial score (nSPS) is 24.2. The number of piperidine rings is 1. The first kappa shape index (κ1) is 15.9. The van der Waals surface area contributed by atoms with Crippen LogP contribution in [0, 0.1) is 5.41 Å². The molecule has 0 saturated carbocycles. The van der Waals surface area contributed by atoms with E-state index in [0.717, 1.165) is 32.5 Å². The molecule has 0 aromatic carbocycles. The second-order valence-corrected chi connectivity index (χ2v) is 6.83. The van der Waals surface area contributed by atoms with Crippen molar-refractivity contribution in [1.29, 1.82) is 0 Å². The zero-order valence-electron chi connectivity index (χ0n) is 12.7. The molecule has 108 valence electrons. The molecule has 0 spiro atoms. The van der Waals surface area contributed by atoms with Gasteiger partial charge < -0.3 is 15.4 Å². The van der Waals surface area contributed by atoms with Gasteiger partial charge in [0, 0.05) is 19.2 Å². The van der Waals surface area contributed by atoms with E-state index < -0.39 is 0 Å². The minimum Gasteiger partial charge on any atom is -0.377 e. The quantitative estimate of drug-likeness (QED) is 0.794. The molecule has 0 bridgehead atoms. The van der Waals surface area contributed by atoms with E-state index in [-0.39, 0.29) is 0 Å². The lowest BCUT2D eigenvalue weighted by molar-refractivity contribution is 0.00506. The van der Waals surface area contributed by atoms with Gasteiger partial charge in [0.1, 0.15) is 0 Å². The molecular formula is C15H32N2O. The van der Waals surface area contributed by atoms with Crippen LogP contribution in [-0.2, 0) is 4.74 Å². The smallest absolute Gasteiger partial charge is 0.0702 e. The summed E-state index contributed by atoms with van der Waals surface area (Å²) in [6.07, 6.45) is 5.14. The molecule has 2 unspecified atom stereocenters. The average molecular weight is 256 g/mol. The Hall–Kier alpha value is -0.120. The van der Waals surface area contributed by atoms with Crippen molar-refractivity contribution in [2.24, 2.45) is 11.1 Å². The lowest BCUT2D eigenvalue weighted by Crippen LogP contribution is -2.42. The summed E-state index contributed by atoms with van der Waals surface area (Å²) in [5.74, 6) is 0. The Kier molecular flexibility index (Phi) is 6.61. The molecule has 2 N–H and O–H groups in total. The fourth-order valence-corrected chi connectivity index (χ4v) is 2.82. The fraction of sp³-hybridized carbons (Fsp3) is 1.00. The second-order valence-electron chi connectivity index (χ2n) is 6.83. The summed E-state index contributed by atoms with van der Waals surface area (Å²) >= 11 is 0. The van der Waals surface area contributed by atoms with Crippen molar-refractivity contribution in [3.8, 4) is 0 Å². The molecule has 0 amide bonds. The Balaban J connectivity index is 2.22. The van der Waals surface area contributed by atoms with E-state index in [1.165, 1.54) is 19.4 Å². The van der Waals surface area contributed by atoms with Crippen LogP contribution in [0.2, 0.25) is 0 Å². The van der Waals surface area contributed by atoms with E-state index in [0.29, 0.717) is 17.6 Å². The molecular weight excluding hydrogens is 224 g/mol. The Labute approximate surface area is 113 Å². The Morgan fingerprint density at radius 3 is 2.72 bits per heavy atom. The molecule has 1 aliphatic rings. The average Bonchev–Trinajstić information content (AvgIpc) is 2.25. The molecule has 18 heavy (non-hydrogen) atoms. The van der Waals surface area contributed by atoms with Gasteiger partial charge in [-0.15, -0.1) is 0 Å². The summed E-state index contributed by atoms with van der Waals surface area (Å²) in [5, 5.41) is 0. The topological polar surface area (TPSA) is 38.5 Å². The van der Waals surface area contributed by atoms with Gasteiger partial charge in [-0.05, 0) is 51.1 Å². The first-order valence-electron chi connectivity index (χ1n) is 7.50. The minimum absolute atomic E-state index is 0.331. The van der Waals surface area contributed by atoms with Gasteiger partial charge in [-0.1, -0.05) is 20.8 Å². The molecule has 1 fully saturated rings.